The molecule has 0 heterocycles. The highest BCUT2D eigenvalue weighted by Gasteiger charge is 2.12. The fourth-order valence-electron chi connectivity index (χ4n) is 1.22. The molecule has 0 saturated heterocycles. The largest absolute Gasteiger partial charge is 0.481 e. The van der Waals surface area contributed by atoms with Gasteiger partial charge in [-0.15, -0.1) is 0 Å². The number of carbonyl (C=O) groups is 2. The van der Waals surface area contributed by atoms with E-state index in [1.807, 2.05) is 45.9 Å². The fraction of sp³-hybridized carbons (Fsp3) is 0.529. The molecule has 0 aromatic heterocycles. The third-order valence-electron chi connectivity index (χ3n) is 2.58. The monoisotopic (exact) mass is 311 g/mol. The number of carboxylic acid groups (broad SMARTS) is 1. The molecular weight excluding hydrogens is 282 g/mol. The third kappa shape index (κ3) is 16.2. The molecule has 2 N–H and O–H groups in total. The topological polar surface area (TPSA) is 75.6 Å². The first-order chi connectivity index (χ1) is 10.2. The van der Waals surface area contributed by atoms with E-state index in [1.54, 1.807) is 13.2 Å². The zero-order valence-electron chi connectivity index (χ0n) is 14.3. The number of aliphatic carboxylic acids is 1. The van der Waals surface area contributed by atoms with Gasteiger partial charge in [-0.05, 0) is 39.7 Å². The summed E-state index contributed by atoms with van der Waals surface area (Å²) in [6.45, 7) is 11.6. The Kier molecular flexibility index (Phi) is 13.1. The van der Waals surface area contributed by atoms with E-state index in [-0.39, 0.29) is 12.0 Å². The molecule has 0 aromatic rings. The SMILES string of the molecule is C=C/C(=C\C=C/C)C[C@H](CC(=O)O)NC=O.COC(C)(C)C. The summed E-state index contributed by atoms with van der Waals surface area (Å²) in [5.74, 6) is -0.936. The number of allylic oxidation sites excluding steroid dienone is 4. The number of hydrogen-bond donors (Lipinski definition) is 2. The number of hydrogen-bond acceptors (Lipinski definition) is 3. The van der Waals surface area contributed by atoms with Crippen molar-refractivity contribution in [2.45, 2.75) is 52.2 Å². The summed E-state index contributed by atoms with van der Waals surface area (Å²) in [6.07, 6.45) is 8.08. The first-order valence-electron chi connectivity index (χ1n) is 7.11. The first kappa shape index (κ1) is 22.4. The van der Waals surface area contributed by atoms with Crippen LogP contribution in [-0.4, -0.2) is 36.2 Å². The van der Waals surface area contributed by atoms with Crippen molar-refractivity contribution in [2.75, 3.05) is 7.11 Å². The summed E-state index contributed by atoms with van der Waals surface area (Å²) in [5.41, 5.74) is 0.929. The molecule has 0 fully saturated rings. The van der Waals surface area contributed by atoms with E-state index in [4.69, 9.17) is 9.84 Å². The second-order valence-electron chi connectivity index (χ2n) is 5.57. The Morgan fingerprint density at radius 3 is 2.23 bits per heavy atom. The van der Waals surface area contributed by atoms with Crippen LogP contribution in [0.25, 0.3) is 0 Å². The molecule has 126 valence electrons. The average Bonchev–Trinajstić information content (AvgIpc) is 2.42. The minimum atomic E-state index is -0.936. The average molecular weight is 311 g/mol. The molecule has 0 rings (SSSR count). The highest BCUT2D eigenvalue weighted by atomic mass is 16.5. The number of methoxy groups -OCH3 is 1. The quantitative estimate of drug-likeness (QED) is 0.533. The van der Waals surface area contributed by atoms with Crippen molar-refractivity contribution in [2.24, 2.45) is 0 Å². The zero-order chi connectivity index (χ0) is 17.6. The van der Waals surface area contributed by atoms with E-state index in [1.165, 1.54) is 0 Å². The van der Waals surface area contributed by atoms with Gasteiger partial charge in [0.25, 0.3) is 0 Å². The zero-order valence-corrected chi connectivity index (χ0v) is 14.3. The Morgan fingerprint density at radius 1 is 1.36 bits per heavy atom. The van der Waals surface area contributed by atoms with E-state index < -0.39 is 12.0 Å². The van der Waals surface area contributed by atoms with E-state index in [0.717, 1.165) is 5.57 Å². The maximum absolute atomic E-state index is 10.6. The van der Waals surface area contributed by atoms with E-state index in [9.17, 15) is 9.59 Å². The summed E-state index contributed by atoms with van der Waals surface area (Å²) in [6, 6.07) is -0.399. The maximum Gasteiger partial charge on any atom is 0.305 e. The molecule has 0 unspecified atom stereocenters. The van der Waals surface area contributed by atoms with Crippen LogP contribution in [0.4, 0.5) is 0 Å². The molecule has 0 aliphatic rings. The van der Waals surface area contributed by atoms with Crippen molar-refractivity contribution < 1.29 is 19.4 Å². The summed E-state index contributed by atoms with van der Waals surface area (Å²) < 4.78 is 4.94. The van der Waals surface area contributed by atoms with Crippen LogP contribution >= 0.6 is 0 Å². The molecule has 1 atom stereocenters. The molecule has 22 heavy (non-hydrogen) atoms. The Labute approximate surface area is 133 Å². The van der Waals surface area contributed by atoms with E-state index >= 15 is 0 Å². The second kappa shape index (κ2) is 12.8. The van der Waals surface area contributed by atoms with Gasteiger partial charge in [-0.2, -0.15) is 0 Å². The van der Waals surface area contributed by atoms with Crippen molar-refractivity contribution in [3.05, 3.63) is 36.5 Å². The normalized spacial score (nSPS) is 13.0. The summed E-state index contributed by atoms with van der Waals surface area (Å²) in [7, 11) is 1.71. The lowest BCUT2D eigenvalue weighted by molar-refractivity contribution is -0.137. The Hall–Kier alpha value is -1.88. The number of carbonyl (C=O) groups excluding carboxylic acids is 1. The van der Waals surface area contributed by atoms with Gasteiger partial charge in [0.1, 0.15) is 0 Å². The van der Waals surface area contributed by atoms with E-state index in [0.29, 0.717) is 12.8 Å². The van der Waals surface area contributed by atoms with Crippen molar-refractivity contribution in [1.82, 2.24) is 5.32 Å². The van der Waals surface area contributed by atoms with Gasteiger partial charge in [-0.3, -0.25) is 9.59 Å². The van der Waals surface area contributed by atoms with Crippen LogP contribution in [0.15, 0.2) is 36.5 Å². The molecule has 0 saturated carbocycles. The van der Waals surface area contributed by atoms with Gasteiger partial charge < -0.3 is 15.2 Å². The number of ether oxygens (including phenoxy) is 1. The Balaban J connectivity index is 0. The minimum Gasteiger partial charge on any atom is -0.481 e. The van der Waals surface area contributed by atoms with Crippen molar-refractivity contribution in [3.63, 3.8) is 0 Å². The maximum atomic E-state index is 10.6. The van der Waals surface area contributed by atoms with Gasteiger partial charge >= 0.3 is 5.97 Å². The highest BCUT2D eigenvalue weighted by molar-refractivity contribution is 5.68. The molecule has 0 spiro atoms. The van der Waals surface area contributed by atoms with Crippen LogP contribution in [0, 0.1) is 0 Å². The Morgan fingerprint density at radius 2 is 1.91 bits per heavy atom. The molecule has 0 aliphatic carbocycles. The standard InChI is InChI=1S/C12H17NO3.C5H12O/c1-3-5-6-10(4-2)7-11(13-9-14)8-12(15)16;1-5(2,3)6-4/h3-6,9,11H,2,7-8H2,1H3,(H,13,14)(H,15,16);1-4H3/b5-3-,10-6+;/t11-;/m1./s1. The number of nitrogens with one attached hydrogen (secondary N) is 1. The van der Waals surface area contributed by atoms with Gasteiger partial charge in [0, 0.05) is 13.2 Å². The molecule has 0 radical (unpaired) electrons. The predicted octanol–water partition coefficient (Wildman–Crippen LogP) is 3.09. The highest BCUT2D eigenvalue weighted by Crippen LogP contribution is 2.09. The van der Waals surface area contributed by atoms with Crippen molar-refractivity contribution in [3.8, 4) is 0 Å². The lowest BCUT2D eigenvalue weighted by Gasteiger charge is -2.14. The van der Waals surface area contributed by atoms with Crippen LogP contribution in [0.3, 0.4) is 0 Å². The third-order valence-corrected chi connectivity index (χ3v) is 2.58. The molecule has 5 nitrogen and oxygen atoms in total. The Bertz CT molecular complexity index is 392. The van der Waals surface area contributed by atoms with Crippen molar-refractivity contribution >= 4 is 12.4 Å². The predicted molar refractivity (Wildman–Crippen MR) is 89.7 cm³/mol. The van der Waals surface area contributed by atoms with Gasteiger partial charge in [0.2, 0.25) is 6.41 Å². The smallest absolute Gasteiger partial charge is 0.305 e. The molecule has 5 heteroatoms. The molecular formula is C17H29NO4. The van der Waals surface area contributed by atoms with Gasteiger partial charge in [-0.1, -0.05) is 30.9 Å². The summed E-state index contributed by atoms with van der Waals surface area (Å²) in [4.78, 5) is 20.9. The van der Waals surface area contributed by atoms with Gasteiger partial charge in [0.05, 0.1) is 12.0 Å². The summed E-state index contributed by atoms with van der Waals surface area (Å²) in [5, 5.41) is 11.1. The number of amides is 1. The second-order valence-corrected chi connectivity index (χ2v) is 5.57. The van der Waals surface area contributed by atoms with Crippen LogP contribution in [-0.2, 0) is 14.3 Å². The van der Waals surface area contributed by atoms with Gasteiger partial charge in [0.15, 0.2) is 0 Å². The van der Waals surface area contributed by atoms with E-state index in [2.05, 4.69) is 11.9 Å². The van der Waals surface area contributed by atoms with Crippen LogP contribution < -0.4 is 5.32 Å². The van der Waals surface area contributed by atoms with Crippen LogP contribution in [0.2, 0.25) is 0 Å². The molecule has 0 aliphatic heterocycles. The van der Waals surface area contributed by atoms with Crippen molar-refractivity contribution in [1.29, 1.82) is 0 Å². The van der Waals surface area contributed by atoms with Crippen LogP contribution in [0.5, 0.6) is 0 Å². The lowest BCUT2D eigenvalue weighted by Crippen LogP contribution is -2.30. The molecule has 0 bridgehead atoms. The number of rotatable bonds is 8. The minimum absolute atomic E-state index is 0.0417. The number of carboxylic acids is 1. The lowest BCUT2D eigenvalue weighted by atomic mass is 10.0. The summed E-state index contributed by atoms with van der Waals surface area (Å²) >= 11 is 0. The first-order valence-corrected chi connectivity index (χ1v) is 7.11. The molecule has 0 aromatic carbocycles. The van der Waals surface area contributed by atoms with Crippen LogP contribution in [0.1, 0.15) is 40.5 Å². The van der Waals surface area contributed by atoms with Gasteiger partial charge in [-0.25, -0.2) is 0 Å². The molecule has 1 amide bonds. The fourth-order valence-corrected chi connectivity index (χ4v) is 1.22.